The zero-order valence-corrected chi connectivity index (χ0v) is 19.0. The van der Waals surface area contributed by atoms with Gasteiger partial charge < -0.3 is 19.5 Å². The van der Waals surface area contributed by atoms with Crippen LogP contribution in [0.25, 0.3) is 0 Å². The molecule has 2 aliphatic rings. The summed E-state index contributed by atoms with van der Waals surface area (Å²) < 4.78 is 9.33. The average molecular weight is 430 g/mol. The van der Waals surface area contributed by atoms with E-state index in [1.165, 1.54) is 5.56 Å². The van der Waals surface area contributed by atoms with Gasteiger partial charge in [0.15, 0.2) is 11.8 Å². The second kappa shape index (κ2) is 10.2. The number of aryl methyl sites for hydroxylation is 2. The van der Waals surface area contributed by atoms with Crippen molar-refractivity contribution in [1.82, 2.24) is 39.7 Å². The molecule has 0 amide bonds. The van der Waals surface area contributed by atoms with Crippen LogP contribution in [0.5, 0.6) is 0 Å². The van der Waals surface area contributed by atoms with Crippen molar-refractivity contribution in [3.05, 3.63) is 29.6 Å². The van der Waals surface area contributed by atoms with Crippen molar-refractivity contribution in [3.8, 4) is 0 Å². The third-order valence-corrected chi connectivity index (χ3v) is 6.27. The Morgan fingerprint density at radius 2 is 2.06 bits per heavy atom. The van der Waals surface area contributed by atoms with Gasteiger partial charge in [0.25, 0.3) is 0 Å². The molecule has 0 aromatic carbocycles. The zero-order valence-electron chi connectivity index (χ0n) is 19.0. The van der Waals surface area contributed by atoms with Gasteiger partial charge >= 0.3 is 0 Å². The van der Waals surface area contributed by atoms with E-state index in [1.54, 1.807) is 0 Å². The van der Waals surface area contributed by atoms with Gasteiger partial charge in [-0.15, -0.1) is 10.2 Å². The third kappa shape index (κ3) is 5.62. The fraction of sp³-hybridized carbons (Fsp3) is 0.714. The van der Waals surface area contributed by atoms with E-state index in [4.69, 9.17) is 9.73 Å². The summed E-state index contributed by atoms with van der Waals surface area (Å²) in [4.78, 5) is 9.76. The van der Waals surface area contributed by atoms with Crippen LogP contribution in [0.1, 0.15) is 36.0 Å². The highest BCUT2D eigenvalue weighted by Gasteiger charge is 2.27. The van der Waals surface area contributed by atoms with Gasteiger partial charge in [-0.25, -0.2) is 4.99 Å². The lowest BCUT2D eigenvalue weighted by Gasteiger charge is -2.27. The third-order valence-electron chi connectivity index (χ3n) is 6.27. The molecular formula is C21H35N9O. The first kappa shape index (κ1) is 21.8. The number of ether oxygens (including phenoxy) is 1. The highest BCUT2D eigenvalue weighted by molar-refractivity contribution is 5.80. The maximum Gasteiger partial charge on any atom is 0.194 e. The largest absolute Gasteiger partial charge is 0.379 e. The summed E-state index contributed by atoms with van der Waals surface area (Å²) in [5.41, 5.74) is 1.31. The summed E-state index contributed by atoms with van der Waals surface area (Å²) in [6.07, 6.45) is 6.32. The Morgan fingerprint density at radius 1 is 1.23 bits per heavy atom. The number of guanidine groups is 1. The fourth-order valence-electron chi connectivity index (χ4n) is 4.21. The van der Waals surface area contributed by atoms with Gasteiger partial charge in [-0.2, -0.15) is 5.10 Å². The quantitative estimate of drug-likeness (QED) is 0.390. The standard InChI is InChI=1S/C21H35N9O/c1-17-25-26-20(28(17)3)14-23-21(22-6-4-7-29-9-11-31-12-10-29)30-8-5-18(16-30)19-13-24-27(2)15-19/h13,15,18H,4-12,14,16H2,1-3H3,(H,22,23). The molecule has 2 aliphatic heterocycles. The van der Waals surface area contributed by atoms with Crippen LogP contribution in [0.3, 0.4) is 0 Å². The van der Waals surface area contributed by atoms with Crippen molar-refractivity contribution in [2.45, 2.75) is 32.2 Å². The molecule has 0 aliphatic carbocycles. The zero-order chi connectivity index (χ0) is 21.6. The highest BCUT2D eigenvalue weighted by Crippen LogP contribution is 2.26. The normalized spacial score (nSPS) is 20.5. The Hall–Kier alpha value is -2.46. The maximum absolute atomic E-state index is 5.44. The van der Waals surface area contributed by atoms with Crippen molar-refractivity contribution < 1.29 is 4.74 Å². The SMILES string of the molecule is Cc1nnc(CN=C(NCCCN2CCOCC2)N2CCC(c3cnn(C)c3)C2)n1C. The van der Waals surface area contributed by atoms with Crippen LogP contribution in [0.15, 0.2) is 17.4 Å². The molecule has 2 saturated heterocycles. The molecular weight excluding hydrogens is 394 g/mol. The second-order valence-electron chi connectivity index (χ2n) is 8.48. The van der Waals surface area contributed by atoms with Gasteiger partial charge in [-0.3, -0.25) is 9.58 Å². The van der Waals surface area contributed by atoms with Gasteiger partial charge in [-0.1, -0.05) is 0 Å². The number of morpholine rings is 1. The molecule has 0 spiro atoms. The lowest BCUT2D eigenvalue weighted by atomic mass is 10.0. The number of hydrogen-bond donors (Lipinski definition) is 1. The summed E-state index contributed by atoms with van der Waals surface area (Å²) >= 11 is 0. The Morgan fingerprint density at radius 3 is 2.77 bits per heavy atom. The van der Waals surface area contributed by atoms with Crippen LogP contribution in [0.2, 0.25) is 0 Å². The van der Waals surface area contributed by atoms with E-state index in [9.17, 15) is 0 Å². The van der Waals surface area contributed by atoms with Crippen molar-refractivity contribution in [3.63, 3.8) is 0 Å². The first-order valence-electron chi connectivity index (χ1n) is 11.3. The molecule has 2 fully saturated rings. The Bertz CT molecular complexity index is 868. The number of likely N-dealkylation sites (tertiary alicyclic amines) is 1. The van der Waals surface area contributed by atoms with Gasteiger partial charge in [0.1, 0.15) is 12.4 Å². The van der Waals surface area contributed by atoms with Crippen LogP contribution in [-0.2, 0) is 25.4 Å². The van der Waals surface area contributed by atoms with E-state index in [0.29, 0.717) is 12.5 Å². The minimum atomic E-state index is 0.492. The van der Waals surface area contributed by atoms with Crippen LogP contribution in [0, 0.1) is 6.92 Å². The van der Waals surface area contributed by atoms with E-state index >= 15 is 0 Å². The van der Waals surface area contributed by atoms with Crippen LogP contribution in [-0.4, -0.2) is 92.8 Å². The molecule has 1 N–H and O–H groups in total. The number of aliphatic imine (C=N–C) groups is 1. The first-order chi connectivity index (χ1) is 15.1. The fourth-order valence-corrected chi connectivity index (χ4v) is 4.21. The van der Waals surface area contributed by atoms with E-state index in [-0.39, 0.29) is 0 Å². The lowest BCUT2D eigenvalue weighted by Crippen LogP contribution is -2.42. The predicted molar refractivity (Wildman–Crippen MR) is 119 cm³/mol. The van der Waals surface area contributed by atoms with Crippen molar-refractivity contribution in [2.24, 2.45) is 19.1 Å². The van der Waals surface area contributed by atoms with E-state index in [2.05, 4.69) is 36.6 Å². The lowest BCUT2D eigenvalue weighted by molar-refractivity contribution is 0.0375. The summed E-state index contributed by atoms with van der Waals surface area (Å²) in [5, 5.41) is 16.4. The summed E-state index contributed by atoms with van der Waals surface area (Å²) in [5.74, 6) is 3.25. The molecule has 0 radical (unpaired) electrons. The first-order valence-corrected chi connectivity index (χ1v) is 11.3. The summed E-state index contributed by atoms with van der Waals surface area (Å²) in [7, 11) is 3.96. The molecule has 1 unspecified atom stereocenters. The molecule has 4 rings (SSSR count). The summed E-state index contributed by atoms with van der Waals surface area (Å²) in [6.45, 7) is 10.2. The molecule has 10 nitrogen and oxygen atoms in total. The number of rotatable bonds is 7. The number of nitrogens with one attached hydrogen (secondary N) is 1. The van der Waals surface area contributed by atoms with Crippen LogP contribution >= 0.6 is 0 Å². The Kier molecular flexibility index (Phi) is 7.18. The Labute approximate surface area is 184 Å². The minimum absolute atomic E-state index is 0.492. The van der Waals surface area contributed by atoms with E-state index in [0.717, 1.165) is 82.9 Å². The molecule has 2 aromatic rings. The number of nitrogens with zero attached hydrogens (tertiary/aromatic N) is 8. The molecule has 31 heavy (non-hydrogen) atoms. The van der Waals surface area contributed by atoms with E-state index in [1.807, 2.05) is 36.5 Å². The highest BCUT2D eigenvalue weighted by atomic mass is 16.5. The molecule has 0 bridgehead atoms. The molecule has 1 atom stereocenters. The van der Waals surface area contributed by atoms with Gasteiger partial charge in [0.2, 0.25) is 0 Å². The average Bonchev–Trinajstić information content (AvgIpc) is 3.50. The monoisotopic (exact) mass is 429 g/mol. The minimum Gasteiger partial charge on any atom is -0.379 e. The Balaban J connectivity index is 1.37. The molecule has 2 aromatic heterocycles. The van der Waals surface area contributed by atoms with Crippen molar-refractivity contribution in [1.29, 1.82) is 0 Å². The van der Waals surface area contributed by atoms with Crippen LogP contribution < -0.4 is 5.32 Å². The predicted octanol–water partition coefficient (Wildman–Crippen LogP) is 0.514. The molecule has 4 heterocycles. The van der Waals surface area contributed by atoms with E-state index < -0.39 is 0 Å². The molecule has 10 heteroatoms. The topological polar surface area (TPSA) is 88.6 Å². The summed E-state index contributed by atoms with van der Waals surface area (Å²) in [6, 6.07) is 0. The van der Waals surface area contributed by atoms with Crippen molar-refractivity contribution >= 4 is 5.96 Å². The van der Waals surface area contributed by atoms with Gasteiger partial charge in [0, 0.05) is 58.9 Å². The van der Waals surface area contributed by atoms with Gasteiger partial charge in [-0.05, 0) is 31.9 Å². The number of hydrogen-bond acceptors (Lipinski definition) is 6. The van der Waals surface area contributed by atoms with Gasteiger partial charge in [0.05, 0.1) is 19.4 Å². The number of aromatic nitrogens is 5. The second-order valence-corrected chi connectivity index (χ2v) is 8.48. The maximum atomic E-state index is 5.44. The smallest absolute Gasteiger partial charge is 0.194 e. The molecule has 0 saturated carbocycles. The van der Waals surface area contributed by atoms with Crippen molar-refractivity contribution in [2.75, 3.05) is 52.5 Å². The molecule has 170 valence electrons. The van der Waals surface area contributed by atoms with Crippen LogP contribution in [0.4, 0.5) is 0 Å².